The Morgan fingerprint density at radius 3 is 2.50 bits per heavy atom. The van der Waals surface area contributed by atoms with Crippen molar-refractivity contribution in [1.29, 1.82) is 0 Å². The van der Waals surface area contributed by atoms with Crippen molar-refractivity contribution >= 4 is 23.7 Å². The summed E-state index contributed by atoms with van der Waals surface area (Å²) in [4.78, 5) is 4.44. The molecule has 1 heterocycles. The molecule has 0 bridgehead atoms. The summed E-state index contributed by atoms with van der Waals surface area (Å²) in [6, 6.07) is 10.5. The lowest BCUT2D eigenvalue weighted by Crippen LogP contribution is -1.96. The highest BCUT2D eigenvalue weighted by Gasteiger charge is 2.00. The highest BCUT2D eigenvalue weighted by molar-refractivity contribution is 7.09. The second kappa shape index (κ2) is 6.63. The van der Waals surface area contributed by atoms with Crippen LogP contribution in [0.25, 0.3) is 0 Å². The molecule has 0 saturated heterocycles. The van der Waals surface area contributed by atoms with Crippen molar-refractivity contribution in [3.63, 3.8) is 0 Å². The number of halogens is 1. The molecule has 2 aromatic rings. The summed E-state index contributed by atoms with van der Waals surface area (Å²) in [5.41, 5.74) is 8.04. The Morgan fingerprint density at radius 1 is 1.12 bits per heavy atom. The largest absolute Gasteiger partial charge is 0.325 e. The van der Waals surface area contributed by atoms with Crippen LogP contribution in [0, 0.1) is 0 Å². The molecule has 0 fully saturated rings. The van der Waals surface area contributed by atoms with Crippen molar-refractivity contribution < 1.29 is 0 Å². The summed E-state index contributed by atoms with van der Waals surface area (Å²) in [7, 11) is 0. The molecule has 0 atom stereocenters. The van der Waals surface area contributed by atoms with Gasteiger partial charge < -0.3 is 5.73 Å². The van der Waals surface area contributed by atoms with Gasteiger partial charge in [0.05, 0.1) is 5.69 Å². The first-order valence-electron chi connectivity index (χ1n) is 5.06. The smallest absolute Gasteiger partial charge is 0.106 e. The molecule has 2 nitrogen and oxygen atoms in total. The number of aryl methyl sites for hydroxylation is 2. The Hall–Kier alpha value is -0.900. The van der Waals surface area contributed by atoms with E-state index in [2.05, 4.69) is 34.6 Å². The zero-order chi connectivity index (χ0) is 10.5. The maximum Gasteiger partial charge on any atom is 0.106 e. The molecular formula is C12H15ClN2S. The molecular weight excluding hydrogens is 240 g/mol. The number of aromatic nitrogens is 1. The second-order valence-corrected chi connectivity index (χ2v) is 4.36. The number of hydrogen-bond acceptors (Lipinski definition) is 3. The van der Waals surface area contributed by atoms with Crippen molar-refractivity contribution in [2.75, 3.05) is 0 Å². The van der Waals surface area contributed by atoms with Crippen LogP contribution in [0.5, 0.6) is 0 Å². The van der Waals surface area contributed by atoms with E-state index in [1.165, 1.54) is 5.56 Å². The van der Waals surface area contributed by atoms with Gasteiger partial charge in [0, 0.05) is 11.9 Å². The van der Waals surface area contributed by atoms with Crippen LogP contribution in [0.2, 0.25) is 0 Å². The van der Waals surface area contributed by atoms with Crippen LogP contribution in [0.1, 0.15) is 16.3 Å². The monoisotopic (exact) mass is 254 g/mol. The molecule has 16 heavy (non-hydrogen) atoms. The Balaban J connectivity index is 0.00000128. The molecule has 0 radical (unpaired) electrons. The fourth-order valence-corrected chi connectivity index (χ4v) is 2.18. The van der Waals surface area contributed by atoms with E-state index in [9.17, 15) is 0 Å². The summed E-state index contributed by atoms with van der Waals surface area (Å²) >= 11 is 1.65. The Morgan fingerprint density at radius 2 is 1.88 bits per heavy atom. The lowest BCUT2D eigenvalue weighted by atomic mass is 10.1. The van der Waals surface area contributed by atoms with Gasteiger partial charge >= 0.3 is 0 Å². The Bertz CT molecular complexity index is 414. The number of thiazole rings is 1. The molecule has 0 aliphatic heterocycles. The number of hydrogen-bond donors (Lipinski definition) is 1. The van der Waals surface area contributed by atoms with E-state index in [1.54, 1.807) is 11.3 Å². The minimum atomic E-state index is 0. The zero-order valence-electron chi connectivity index (χ0n) is 8.93. The van der Waals surface area contributed by atoms with Gasteiger partial charge in [0.2, 0.25) is 0 Å². The predicted octanol–water partition coefficient (Wildman–Crippen LogP) is 2.81. The van der Waals surface area contributed by atoms with E-state index in [4.69, 9.17) is 5.73 Å². The highest BCUT2D eigenvalue weighted by atomic mass is 35.5. The van der Waals surface area contributed by atoms with Gasteiger partial charge in [-0.1, -0.05) is 30.3 Å². The van der Waals surface area contributed by atoms with E-state index >= 15 is 0 Å². The Kier molecular flexibility index (Phi) is 5.46. The van der Waals surface area contributed by atoms with Gasteiger partial charge in [-0.15, -0.1) is 23.7 Å². The first-order chi connectivity index (χ1) is 7.38. The van der Waals surface area contributed by atoms with Crippen molar-refractivity contribution in [3.05, 3.63) is 52.0 Å². The minimum absolute atomic E-state index is 0. The molecule has 0 spiro atoms. The number of benzene rings is 1. The molecule has 0 aliphatic carbocycles. The van der Waals surface area contributed by atoms with E-state index in [-0.39, 0.29) is 12.4 Å². The molecule has 1 aromatic heterocycles. The average molecular weight is 255 g/mol. The van der Waals surface area contributed by atoms with E-state index in [1.807, 2.05) is 6.07 Å². The first-order valence-corrected chi connectivity index (χ1v) is 5.93. The summed E-state index contributed by atoms with van der Waals surface area (Å²) in [5.74, 6) is 0. The molecule has 2 rings (SSSR count). The fourth-order valence-electron chi connectivity index (χ4n) is 1.47. The van der Waals surface area contributed by atoms with Crippen LogP contribution in [-0.2, 0) is 19.4 Å². The molecule has 1 aromatic carbocycles. The summed E-state index contributed by atoms with van der Waals surface area (Å²) < 4.78 is 0. The van der Waals surface area contributed by atoms with Crippen molar-refractivity contribution in [1.82, 2.24) is 4.98 Å². The number of nitrogens with two attached hydrogens (primary N) is 1. The predicted molar refractivity (Wildman–Crippen MR) is 71.1 cm³/mol. The van der Waals surface area contributed by atoms with E-state index < -0.39 is 0 Å². The lowest BCUT2D eigenvalue weighted by molar-refractivity contribution is 0.904. The van der Waals surface area contributed by atoms with Crippen molar-refractivity contribution in [2.45, 2.75) is 19.4 Å². The molecule has 0 unspecified atom stereocenters. The van der Waals surface area contributed by atoms with Crippen LogP contribution in [0.4, 0.5) is 0 Å². The van der Waals surface area contributed by atoms with Crippen LogP contribution in [0.3, 0.4) is 0 Å². The first kappa shape index (κ1) is 13.2. The highest BCUT2D eigenvalue weighted by Crippen LogP contribution is 2.11. The van der Waals surface area contributed by atoms with Gasteiger partial charge in [-0.2, -0.15) is 0 Å². The third-order valence-corrected chi connectivity index (χ3v) is 3.21. The zero-order valence-corrected chi connectivity index (χ0v) is 10.6. The van der Waals surface area contributed by atoms with Crippen molar-refractivity contribution in [3.8, 4) is 0 Å². The Labute approximate surface area is 106 Å². The topological polar surface area (TPSA) is 38.9 Å². The second-order valence-electron chi connectivity index (χ2n) is 3.42. The van der Waals surface area contributed by atoms with Crippen LogP contribution >= 0.6 is 23.7 Å². The van der Waals surface area contributed by atoms with Gasteiger partial charge in [0.25, 0.3) is 0 Å². The molecule has 2 N–H and O–H groups in total. The maximum absolute atomic E-state index is 5.52. The maximum atomic E-state index is 5.52. The number of rotatable bonds is 4. The SMILES string of the molecule is Cl.NCc1nc(CCc2ccccc2)cs1. The summed E-state index contributed by atoms with van der Waals surface area (Å²) in [6.07, 6.45) is 2.05. The standard InChI is InChI=1S/C12H14N2S.ClH/c13-8-12-14-11(9-15-12)7-6-10-4-2-1-3-5-10;/h1-5,9H,6-8,13H2;1H. The van der Waals surface area contributed by atoms with Gasteiger partial charge in [-0.05, 0) is 18.4 Å². The third-order valence-electron chi connectivity index (χ3n) is 2.29. The minimum Gasteiger partial charge on any atom is -0.325 e. The summed E-state index contributed by atoms with van der Waals surface area (Å²) in [5, 5.41) is 3.13. The van der Waals surface area contributed by atoms with Crippen molar-refractivity contribution in [2.24, 2.45) is 5.73 Å². The average Bonchev–Trinajstić information content (AvgIpc) is 2.76. The van der Waals surface area contributed by atoms with Crippen LogP contribution < -0.4 is 5.73 Å². The molecule has 0 aliphatic rings. The molecule has 0 amide bonds. The van der Waals surface area contributed by atoms with Gasteiger partial charge in [0.15, 0.2) is 0 Å². The third kappa shape index (κ3) is 3.59. The number of nitrogens with zero attached hydrogens (tertiary/aromatic N) is 1. The van der Waals surface area contributed by atoms with Gasteiger partial charge in [-0.3, -0.25) is 0 Å². The molecule has 86 valence electrons. The van der Waals surface area contributed by atoms with Gasteiger partial charge in [-0.25, -0.2) is 4.98 Å². The van der Waals surface area contributed by atoms with E-state index in [0.717, 1.165) is 23.5 Å². The van der Waals surface area contributed by atoms with Gasteiger partial charge in [0.1, 0.15) is 5.01 Å². The van der Waals surface area contributed by atoms with Crippen LogP contribution in [0.15, 0.2) is 35.7 Å². The quantitative estimate of drug-likeness (QED) is 0.911. The normalized spacial score (nSPS) is 9.81. The lowest BCUT2D eigenvalue weighted by Gasteiger charge is -1.97. The van der Waals surface area contributed by atoms with Crippen LogP contribution in [-0.4, -0.2) is 4.98 Å². The molecule has 0 saturated carbocycles. The fraction of sp³-hybridized carbons (Fsp3) is 0.250. The van der Waals surface area contributed by atoms with E-state index in [0.29, 0.717) is 6.54 Å². The molecule has 4 heteroatoms. The summed E-state index contributed by atoms with van der Waals surface area (Å²) in [6.45, 7) is 0.552.